The molecule has 0 radical (unpaired) electrons. The SMILES string of the molecule is O=C(NCc1cn2cc(Br)ccc2n1)c1cc(OCC(F)(F)F)ccc1[N+](=O)[O-]. The Labute approximate surface area is 169 Å². The maximum absolute atomic E-state index is 12.4. The Balaban J connectivity index is 1.77. The fourth-order valence-corrected chi connectivity index (χ4v) is 2.83. The van der Waals surface area contributed by atoms with Crippen molar-refractivity contribution in [3.8, 4) is 5.75 Å². The number of nitro benzene ring substituents is 1. The van der Waals surface area contributed by atoms with Gasteiger partial charge in [-0.25, -0.2) is 4.98 Å². The van der Waals surface area contributed by atoms with Crippen molar-refractivity contribution in [2.75, 3.05) is 6.61 Å². The van der Waals surface area contributed by atoms with Gasteiger partial charge in [-0.3, -0.25) is 14.9 Å². The molecule has 0 fully saturated rings. The molecular weight excluding hydrogens is 461 g/mol. The van der Waals surface area contributed by atoms with Crippen molar-refractivity contribution in [3.63, 3.8) is 0 Å². The van der Waals surface area contributed by atoms with E-state index >= 15 is 0 Å². The van der Waals surface area contributed by atoms with Gasteiger partial charge in [0.1, 0.15) is 17.0 Å². The highest BCUT2D eigenvalue weighted by Gasteiger charge is 2.29. The maximum Gasteiger partial charge on any atom is 0.422 e. The van der Waals surface area contributed by atoms with Gasteiger partial charge in [-0.15, -0.1) is 0 Å². The Bertz CT molecular complexity index is 1080. The van der Waals surface area contributed by atoms with Gasteiger partial charge >= 0.3 is 6.18 Å². The number of hydrogen-bond acceptors (Lipinski definition) is 5. The summed E-state index contributed by atoms with van der Waals surface area (Å²) in [7, 11) is 0. The number of benzene rings is 1. The van der Waals surface area contributed by atoms with Gasteiger partial charge in [-0.2, -0.15) is 13.2 Å². The lowest BCUT2D eigenvalue weighted by Gasteiger charge is -2.10. The van der Waals surface area contributed by atoms with Crippen molar-refractivity contribution in [1.29, 1.82) is 0 Å². The van der Waals surface area contributed by atoms with E-state index in [1.807, 2.05) is 0 Å². The van der Waals surface area contributed by atoms with Crippen LogP contribution >= 0.6 is 15.9 Å². The van der Waals surface area contributed by atoms with Gasteiger partial charge < -0.3 is 14.5 Å². The molecule has 2 heterocycles. The molecule has 0 aliphatic rings. The van der Waals surface area contributed by atoms with Crippen LogP contribution in [0.15, 0.2) is 47.2 Å². The van der Waals surface area contributed by atoms with Crippen molar-refractivity contribution in [2.24, 2.45) is 0 Å². The molecule has 3 aromatic rings. The number of hydrogen-bond donors (Lipinski definition) is 1. The highest BCUT2D eigenvalue weighted by Crippen LogP contribution is 2.26. The third-order valence-electron chi connectivity index (χ3n) is 3.71. The summed E-state index contributed by atoms with van der Waals surface area (Å²) in [6.07, 6.45) is -1.15. The number of carbonyl (C=O) groups is 1. The molecule has 12 heteroatoms. The highest BCUT2D eigenvalue weighted by atomic mass is 79.9. The zero-order valence-electron chi connectivity index (χ0n) is 14.4. The number of pyridine rings is 1. The van der Waals surface area contributed by atoms with Gasteiger partial charge in [-0.1, -0.05) is 0 Å². The van der Waals surface area contributed by atoms with Crippen LogP contribution in [0.3, 0.4) is 0 Å². The summed E-state index contributed by atoms with van der Waals surface area (Å²) in [5.41, 5.74) is 0.150. The maximum atomic E-state index is 12.4. The molecule has 1 amide bonds. The molecule has 29 heavy (non-hydrogen) atoms. The molecule has 8 nitrogen and oxygen atoms in total. The average Bonchev–Trinajstić information content (AvgIpc) is 3.05. The van der Waals surface area contributed by atoms with Crippen LogP contribution < -0.4 is 10.1 Å². The van der Waals surface area contributed by atoms with Gasteiger partial charge in [0, 0.05) is 22.9 Å². The Morgan fingerprint density at radius 3 is 2.72 bits per heavy atom. The van der Waals surface area contributed by atoms with Crippen LogP contribution in [0.5, 0.6) is 5.75 Å². The minimum absolute atomic E-state index is 0.0388. The molecule has 2 aromatic heterocycles. The molecule has 152 valence electrons. The number of nitrogens with one attached hydrogen (secondary N) is 1. The van der Waals surface area contributed by atoms with E-state index in [1.54, 1.807) is 28.9 Å². The Morgan fingerprint density at radius 2 is 2.03 bits per heavy atom. The number of nitrogens with zero attached hydrogens (tertiary/aromatic N) is 3. The first kappa shape index (κ1) is 20.6. The summed E-state index contributed by atoms with van der Waals surface area (Å²) in [5, 5.41) is 13.6. The number of halogens is 4. The zero-order valence-corrected chi connectivity index (χ0v) is 16.0. The van der Waals surface area contributed by atoms with Gasteiger partial charge in [0.05, 0.1) is 17.2 Å². The first-order chi connectivity index (χ1) is 13.6. The lowest BCUT2D eigenvalue weighted by Crippen LogP contribution is -2.24. The first-order valence-corrected chi connectivity index (χ1v) is 8.81. The highest BCUT2D eigenvalue weighted by molar-refractivity contribution is 9.10. The van der Waals surface area contributed by atoms with Crippen LogP contribution in [0.2, 0.25) is 0 Å². The Kier molecular flexibility index (Phi) is 5.73. The number of imidazole rings is 1. The number of carbonyl (C=O) groups excluding carboxylic acids is 1. The summed E-state index contributed by atoms with van der Waals surface area (Å²) >= 11 is 3.32. The predicted molar refractivity (Wildman–Crippen MR) is 98.7 cm³/mol. The second kappa shape index (κ2) is 8.07. The zero-order chi connectivity index (χ0) is 21.2. The second-order valence-electron chi connectivity index (χ2n) is 5.87. The topological polar surface area (TPSA) is 98.8 Å². The summed E-state index contributed by atoms with van der Waals surface area (Å²) in [6, 6.07) is 6.37. The molecule has 1 N–H and O–H groups in total. The van der Waals surface area contributed by atoms with Crippen molar-refractivity contribution < 1.29 is 27.6 Å². The van der Waals surface area contributed by atoms with E-state index in [0.29, 0.717) is 11.3 Å². The summed E-state index contributed by atoms with van der Waals surface area (Å²) in [5.74, 6) is -1.15. The largest absolute Gasteiger partial charge is 0.484 e. The standard InChI is InChI=1S/C17H12BrF3N4O4/c18-10-1-4-15-23-11(8-24(15)7-10)6-22-16(26)13-5-12(29-9-17(19,20)21)2-3-14(13)25(27)28/h1-5,7-8H,6,9H2,(H,22,26). The quantitative estimate of drug-likeness (QED) is 0.433. The molecule has 0 saturated carbocycles. The van der Waals surface area contributed by atoms with Crippen LogP contribution in [0, 0.1) is 10.1 Å². The predicted octanol–water partition coefficient (Wildman–Crippen LogP) is 3.88. The van der Waals surface area contributed by atoms with Crippen LogP contribution in [0.4, 0.5) is 18.9 Å². The van der Waals surface area contributed by atoms with Gasteiger partial charge in [-0.05, 0) is 40.2 Å². The van der Waals surface area contributed by atoms with Crippen LogP contribution in [-0.4, -0.2) is 33.0 Å². The molecule has 0 aliphatic heterocycles. The third kappa shape index (κ3) is 5.22. The summed E-state index contributed by atoms with van der Waals surface area (Å²) in [6.45, 7) is -1.62. The molecular formula is C17H12BrF3N4O4. The number of nitro groups is 1. The second-order valence-corrected chi connectivity index (χ2v) is 6.78. The minimum Gasteiger partial charge on any atom is -0.484 e. The molecule has 0 atom stereocenters. The van der Waals surface area contributed by atoms with Crippen LogP contribution in [0.1, 0.15) is 16.1 Å². The molecule has 0 aliphatic carbocycles. The van der Waals surface area contributed by atoms with Gasteiger partial charge in [0.2, 0.25) is 0 Å². The summed E-state index contributed by atoms with van der Waals surface area (Å²) in [4.78, 5) is 27.1. The van der Waals surface area contributed by atoms with Gasteiger partial charge in [0.25, 0.3) is 11.6 Å². The third-order valence-corrected chi connectivity index (χ3v) is 4.18. The molecule has 0 bridgehead atoms. The minimum atomic E-state index is -4.58. The Morgan fingerprint density at radius 1 is 1.28 bits per heavy atom. The van der Waals surface area contributed by atoms with E-state index in [0.717, 1.165) is 22.7 Å². The molecule has 0 unspecified atom stereocenters. The van der Waals surface area contributed by atoms with Crippen molar-refractivity contribution >= 4 is 33.2 Å². The summed E-state index contributed by atoms with van der Waals surface area (Å²) < 4.78 is 44.0. The smallest absolute Gasteiger partial charge is 0.422 e. The monoisotopic (exact) mass is 472 g/mol. The number of ether oxygens (including phenoxy) is 1. The van der Waals surface area contributed by atoms with Crippen molar-refractivity contribution in [1.82, 2.24) is 14.7 Å². The first-order valence-electron chi connectivity index (χ1n) is 8.02. The van der Waals surface area contributed by atoms with E-state index in [2.05, 4.69) is 31.0 Å². The number of amides is 1. The van der Waals surface area contributed by atoms with Crippen LogP contribution in [0.25, 0.3) is 5.65 Å². The number of aromatic nitrogens is 2. The van der Waals surface area contributed by atoms with Crippen LogP contribution in [-0.2, 0) is 6.54 Å². The van der Waals surface area contributed by atoms with E-state index in [1.165, 1.54) is 0 Å². The van der Waals surface area contributed by atoms with E-state index in [-0.39, 0.29) is 12.3 Å². The molecule has 1 aromatic carbocycles. The number of fused-ring (bicyclic) bond motifs is 1. The van der Waals surface area contributed by atoms with Crippen molar-refractivity contribution in [3.05, 3.63) is 68.6 Å². The van der Waals surface area contributed by atoms with Crippen molar-refractivity contribution in [2.45, 2.75) is 12.7 Å². The fraction of sp³-hybridized carbons (Fsp3) is 0.176. The Hall–Kier alpha value is -3.15. The van der Waals surface area contributed by atoms with E-state index in [9.17, 15) is 28.1 Å². The molecule has 0 spiro atoms. The lowest BCUT2D eigenvalue weighted by molar-refractivity contribution is -0.385. The number of rotatable bonds is 6. The normalized spacial score (nSPS) is 11.4. The lowest BCUT2D eigenvalue weighted by atomic mass is 10.1. The number of alkyl halides is 3. The molecule has 0 saturated heterocycles. The fourth-order valence-electron chi connectivity index (χ4n) is 2.48. The van der Waals surface area contributed by atoms with E-state index in [4.69, 9.17) is 0 Å². The van der Waals surface area contributed by atoms with Gasteiger partial charge in [0.15, 0.2) is 6.61 Å². The average molecular weight is 473 g/mol. The molecule has 3 rings (SSSR count). The van der Waals surface area contributed by atoms with E-state index < -0.39 is 34.9 Å².